The second-order valence-corrected chi connectivity index (χ2v) is 4.00. The van der Waals surface area contributed by atoms with Gasteiger partial charge in [0.25, 0.3) is 0 Å². The maximum Gasteiger partial charge on any atom is -0.0290 e. The third-order valence-corrected chi connectivity index (χ3v) is 1.67. The molecule has 12 heavy (non-hydrogen) atoms. The molecule has 0 saturated carbocycles. The van der Waals surface area contributed by atoms with Crippen LogP contribution in [-0.4, -0.2) is 0 Å². The van der Waals surface area contributed by atoms with Crippen molar-refractivity contribution in [2.45, 2.75) is 54.4 Å². The van der Waals surface area contributed by atoms with E-state index in [0.717, 1.165) is 5.92 Å². The third kappa shape index (κ3) is 12.4. The van der Waals surface area contributed by atoms with Gasteiger partial charge in [0.15, 0.2) is 0 Å². The first-order valence-electron chi connectivity index (χ1n) is 4.79. The Labute approximate surface area is 79.1 Å². The van der Waals surface area contributed by atoms with Crippen molar-refractivity contribution in [3.8, 4) is 0 Å². The van der Waals surface area contributed by atoms with Crippen molar-refractivity contribution in [3.05, 3.63) is 12.2 Å². The van der Waals surface area contributed by atoms with E-state index in [4.69, 9.17) is 0 Å². The molecule has 0 heterocycles. The van der Waals surface area contributed by atoms with Gasteiger partial charge >= 0.3 is 0 Å². The van der Waals surface area contributed by atoms with E-state index in [9.17, 15) is 0 Å². The van der Waals surface area contributed by atoms with Crippen LogP contribution in [-0.2, 0) is 0 Å². The first-order chi connectivity index (χ1) is 5.13. The molecule has 0 aliphatic heterocycles. The van der Waals surface area contributed by atoms with Crippen LogP contribution >= 0.6 is 0 Å². The molecule has 0 aliphatic rings. The second-order valence-electron chi connectivity index (χ2n) is 4.00. The predicted octanol–water partition coefficient (Wildman–Crippen LogP) is 4.66. The van der Waals surface area contributed by atoms with Crippen molar-refractivity contribution in [2.24, 2.45) is 11.8 Å². The average molecular weight is 170 g/mol. The largest absolute Gasteiger partial charge is 0.0883 e. The molecule has 0 radical (unpaired) electrons. The molecule has 0 bridgehead atoms. The Morgan fingerprint density at radius 3 is 2.08 bits per heavy atom. The predicted molar refractivity (Wildman–Crippen MR) is 59.4 cm³/mol. The topological polar surface area (TPSA) is 0 Å². The molecule has 0 aromatic carbocycles. The quantitative estimate of drug-likeness (QED) is 0.416. The van der Waals surface area contributed by atoms with Crippen LogP contribution in [0.1, 0.15) is 54.4 Å². The van der Waals surface area contributed by atoms with Crippen LogP contribution in [0.15, 0.2) is 12.2 Å². The fourth-order valence-electron chi connectivity index (χ4n) is 1.01. The van der Waals surface area contributed by atoms with Gasteiger partial charge in [-0.15, -0.1) is 0 Å². The summed E-state index contributed by atoms with van der Waals surface area (Å²) in [5, 5.41) is 0. The van der Waals surface area contributed by atoms with E-state index >= 15 is 0 Å². The Bertz CT molecular complexity index is 98.6. The molecule has 0 aromatic heterocycles. The van der Waals surface area contributed by atoms with Crippen LogP contribution in [0.5, 0.6) is 0 Å². The lowest BCUT2D eigenvalue weighted by Gasteiger charge is -2.00. The molecular weight excluding hydrogens is 144 g/mol. The zero-order valence-electron chi connectivity index (χ0n) is 8.43. The van der Waals surface area contributed by atoms with Gasteiger partial charge in [-0.1, -0.05) is 53.7 Å². The molecule has 0 heteroatoms. The van der Waals surface area contributed by atoms with E-state index in [2.05, 4.69) is 39.8 Å². The highest BCUT2D eigenvalue weighted by molar-refractivity contribution is 4.84. The van der Waals surface area contributed by atoms with Crippen molar-refractivity contribution in [1.82, 2.24) is 0 Å². The summed E-state index contributed by atoms with van der Waals surface area (Å²) in [5.74, 6) is 1.58. The zero-order valence-corrected chi connectivity index (χ0v) is 8.43. The molecule has 0 spiro atoms. The maximum atomic E-state index is 2.31. The summed E-state index contributed by atoms with van der Waals surface area (Å²) >= 11 is 0. The molecule has 0 amide bonds. The van der Waals surface area contributed by atoms with Gasteiger partial charge in [-0.3, -0.25) is 0 Å². The van der Waals surface area contributed by atoms with Crippen molar-refractivity contribution in [1.29, 1.82) is 0 Å². The van der Waals surface area contributed by atoms with Crippen molar-refractivity contribution >= 4 is 0 Å². The summed E-state index contributed by atoms with van der Waals surface area (Å²) in [6, 6.07) is 0. The lowest BCUT2D eigenvalue weighted by Crippen LogP contribution is -1.85. The molecule has 0 atom stereocenters. The number of rotatable bonds is 5. The molecule has 0 aromatic rings. The fraction of sp³-hybridized carbons (Fsp3) is 0.833. The average Bonchev–Trinajstić information content (AvgIpc) is 1.85. The second kappa shape index (κ2) is 8.83. The van der Waals surface area contributed by atoms with E-state index in [0.29, 0.717) is 5.92 Å². The van der Waals surface area contributed by atoms with E-state index in [-0.39, 0.29) is 7.43 Å². The molecular formula is C12H26. The molecule has 0 N–H and O–H groups in total. The lowest BCUT2D eigenvalue weighted by atomic mass is 10.1. The summed E-state index contributed by atoms with van der Waals surface area (Å²) in [4.78, 5) is 0. The van der Waals surface area contributed by atoms with Gasteiger partial charge in [-0.2, -0.15) is 0 Å². The number of hydrogen-bond acceptors (Lipinski definition) is 0. The van der Waals surface area contributed by atoms with Gasteiger partial charge in [0.2, 0.25) is 0 Å². The zero-order chi connectivity index (χ0) is 8.69. The van der Waals surface area contributed by atoms with E-state index in [1.165, 1.54) is 19.3 Å². The van der Waals surface area contributed by atoms with Crippen molar-refractivity contribution in [3.63, 3.8) is 0 Å². The first kappa shape index (κ1) is 14.3. The van der Waals surface area contributed by atoms with Gasteiger partial charge in [-0.05, 0) is 24.7 Å². The standard InChI is InChI=1S/C11H22.CH4/c1-10(2)8-6-5-7-9-11(3)4;/h6,8,10-11H,5,7,9H2,1-4H3;1H4/b8-6+;. The van der Waals surface area contributed by atoms with Gasteiger partial charge in [-0.25, -0.2) is 0 Å². The van der Waals surface area contributed by atoms with Crippen LogP contribution in [0.4, 0.5) is 0 Å². The summed E-state index contributed by atoms with van der Waals surface area (Å²) in [6.45, 7) is 9.01. The molecule has 0 saturated heterocycles. The maximum absolute atomic E-state index is 2.31. The molecule has 0 fully saturated rings. The third-order valence-electron chi connectivity index (χ3n) is 1.67. The summed E-state index contributed by atoms with van der Waals surface area (Å²) in [6.07, 6.45) is 8.58. The van der Waals surface area contributed by atoms with Gasteiger partial charge in [0, 0.05) is 0 Å². The first-order valence-corrected chi connectivity index (χ1v) is 4.79. The molecule has 74 valence electrons. The normalized spacial score (nSPS) is 11.2. The lowest BCUT2D eigenvalue weighted by molar-refractivity contribution is 0.559. The Hall–Kier alpha value is -0.260. The van der Waals surface area contributed by atoms with Crippen LogP contribution in [0.25, 0.3) is 0 Å². The Morgan fingerprint density at radius 1 is 1.08 bits per heavy atom. The minimum atomic E-state index is 0. The fourth-order valence-corrected chi connectivity index (χ4v) is 1.01. The minimum absolute atomic E-state index is 0. The molecule has 0 nitrogen and oxygen atoms in total. The number of hydrogen-bond donors (Lipinski definition) is 0. The van der Waals surface area contributed by atoms with E-state index in [1.807, 2.05) is 0 Å². The van der Waals surface area contributed by atoms with E-state index in [1.54, 1.807) is 0 Å². The van der Waals surface area contributed by atoms with Crippen molar-refractivity contribution in [2.75, 3.05) is 0 Å². The number of allylic oxidation sites excluding steroid dienone is 2. The molecule has 0 rings (SSSR count). The van der Waals surface area contributed by atoms with Crippen LogP contribution in [0, 0.1) is 11.8 Å². The Kier molecular flexibility index (Phi) is 10.5. The smallest absolute Gasteiger partial charge is 0.0290 e. The summed E-state index contributed by atoms with van der Waals surface area (Å²) in [5.41, 5.74) is 0. The van der Waals surface area contributed by atoms with Crippen LogP contribution < -0.4 is 0 Å². The molecule has 0 unspecified atom stereocenters. The number of unbranched alkanes of at least 4 members (excludes halogenated alkanes) is 1. The summed E-state index contributed by atoms with van der Waals surface area (Å²) in [7, 11) is 0. The Morgan fingerprint density at radius 2 is 1.67 bits per heavy atom. The highest BCUT2D eigenvalue weighted by Crippen LogP contribution is 2.07. The van der Waals surface area contributed by atoms with Crippen molar-refractivity contribution < 1.29 is 0 Å². The van der Waals surface area contributed by atoms with Gasteiger partial charge in [0.05, 0.1) is 0 Å². The summed E-state index contributed by atoms with van der Waals surface area (Å²) < 4.78 is 0. The SMILES string of the molecule is C.CC(C)/C=C/CCCC(C)C. The Balaban J connectivity index is 0. The highest BCUT2D eigenvalue weighted by atomic mass is 14.0. The van der Waals surface area contributed by atoms with Crippen LogP contribution in [0.2, 0.25) is 0 Å². The van der Waals surface area contributed by atoms with Gasteiger partial charge in [0.1, 0.15) is 0 Å². The molecule has 0 aliphatic carbocycles. The highest BCUT2D eigenvalue weighted by Gasteiger charge is 1.91. The monoisotopic (exact) mass is 170 g/mol. The minimum Gasteiger partial charge on any atom is -0.0883 e. The van der Waals surface area contributed by atoms with Crippen LogP contribution in [0.3, 0.4) is 0 Å². The van der Waals surface area contributed by atoms with Gasteiger partial charge < -0.3 is 0 Å². The van der Waals surface area contributed by atoms with E-state index < -0.39 is 0 Å².